The molecule has 1 aliphatic rings. The zero-order chi connectivity index (χ0) is 19.2. The van der Waals surface area contributed by atoms with Gasteiger partial charge in [0.25, 0.3) is 0 Å². The van der Waals surface area contributed by atoms with Crippen LogP contribution in [0.5, 0.6) is 0 Å². The number of carbonyl (C=O) groups is 2. The summed E-state index contributed by atoms with van der Waals surface area (Å²) >= 11 is 0. The minimum absolute atomic E-state index is 0.104. The molecule has 0 atom stereocenters. The predicted molar refractivity (Wildman–Crippen MR) is 109 cm³/mol. The summed E-state index contributed by atoms with van der Waals surface area (Å²) in [5.74, 6) is 0.664. The lowest BCUT2D eigenvalue weighted by Crippen LogP contribution is -2.30. The van der Waals surface area contributed by atoms with Crippen molar-refractivity contribution in [3.63, 3.8) is 0 Å². The zero-order valence-electron chi connectivity index (χ0n) is 16.0. The van der Waals surface area contributed by atoms with Gasteiger partial charge in [0.1, 0.15) is 0 Å². The fourth-order valence-electron chi connectivity index (χ4n) is 3.22. The van der Waals surface area contributed by atoms with Gasteiger partial charge in [0.05, 0.1) is 6.42 Å². The number of benzene rings is 2. The fraction of sp³-hybridized carbons (Fsp3) is 0.364. The predicted octanol–water partition coefficient (Wildman–Crippen LogP) is 3.99. The Morgan fingerprint density at radius 1 is 1.07 bits per heavy atom. The maximum absolute atomic E-state index is 12.7. The minimum atomic E-state index is -0.201. The van der Waals surface area contributed by atoms with Gasteiger partial charge in [0.15, 0.2) is 0 Å². The van der Waals surface area contributed by atoms with Crippen molar-refractivity contribution in [3.05, 3.63) is 59.7 Å². The van der Waals surface area contributed by atoms with Crippen LogP contribution in [0.1, 0.15) is 31.4 Å². The smallest absolute Gasteiger partial charge is 0.319 e. The summed E-state index contributed by atoms with van der Waals surface area (Å²) in [6.07, 6.45) is 2.22. The van der Waals surface area contributed by atoms with Crippen molar-refractivity contribution in [2.24, 2.45) is 5.92 Å². The standard InChI is InChI=1S/C22H27N3O2/c1-16(2)11-13-23-22(27)24-19-9-7-17(8-10-19)15-21(26)25-14-12-18-5-3-4-6-20(18)25/h3-10,16H,11-15H2,1-2H3,(H2,23,24,27). The van der Waals surface area contributed by atoms with Gasteiger partial charge in [-0.1, -0.05) is 44.2 Å². The molecule has 2 N–H and O–H groups in total. The van der Waals surface area contributed by atoms with Crippen LogP contribution in [0.3, 0.4) is 0 Å². The molecule has 1 heterocycles. The molecule has 2 aromatic carbocycles. The molecule has 0 saturated carbocycles. The van der Waals surface area contributed by atoms with Gasteiger partial charge < -0.3 is 15.5 Å². The molecule has 0 bridgehead atoms. The molecule has 2 aromatic rings. The van der Waals surface area contributed by atoms with Crippen molar-refractivity contribution in [2.75, 3.05) is 23.3 Å². The van der Waals surface area contributed by atoms with Gasteiger partial charge in [0.2, 0.25) is 5.91 Å². The second-order valence-corrected chi connectivity index (χ2v) is 7.36. The zero-order valence-corrected chi connectivity index (χ0v) is 16.0. The molecule has 0 fully saturated rings. The molecule has 142 valence electrons. The van der Waals surface area contributed by atoms with E-state index >= 15 is 0 Å². The molecule has 0 saturated heterocycles. The van der Waals surface area contributed by atoms with Crippen LogP contribution >= 0.6 is 0 Å². The molecule has 0 spiro atoms. The summed E-state index contributed by atoms with van der Waals surface area (Å²) in [6.45, 7) is 5.66. The first kappa shape index (κ1) is 19.0. The molecule has 5 nitrogen and oxygen atoms in total. The van der Waals surface area contributed by atoms with Gasteiger partial charge in [-0.3, -0.25) is 4.79 Å². The first-order chi connectivity index (χ1) is 13.0. The van der Waals surface area contributed by atoms with Crippen molar-refractivity contribution in [1.29, 1.82) is 0 Å². The lowest BCUT2D eigenvalue weighted by Gasteiger charge is -2.17. The summed E-state index contributed by atoms with van der Waals surface area (Å²) < 4.78 is 0. The summed E-state index contributed by atoms with van der Waals surface area (Å²) in [6, 6.07) is 15.3. The first-order valence-electron chi connectivity index (χ1n) is 9.55. The minimum Gasteiger partial charge on any atom is -0.338 e. The number of fused-ring (bicyclic) bond motifs is 1. The number of nitrogens with zero attached hydrogens (tertiary/aromatic N) is 1. The SMILES string of the molecule is CC(C)CCNC(=O)Nc1ccc(CC(=O)N2CCc3ccccc32)cc1. The highest BCUT2D eigenvalue weighted by molar-refractivity contribution is 5.96. The van der Waals surface area contributed by atoms with E-state index in [0.717, 1.165) is 36.3 Å². The Kier molecular flexibility index (Phi) is 6.12. The quantitative estimate of drug-likeness (QED) is 0.813. The van der Waals surface area contributed by atoms with Crippen LogP contribution in [0.2, 0.25) is 0 Å². The molecule has 0 aliphatic carbocycles. The molecule has 3 amide bonds. The van der Waals surface area contributed by atoms with Gasteiger partial charge in [-0.15, -0.1) is 0 Å². The maximum atomic E-state index is 12.7. The van der Waals surface area contributed by atoms with Crippen LogP contribution in [0.4, 0.5) is 16.2 Å². The van der Waals surface area contributed by atoms with Gasteiger partial charge in [-0.2, -0.15) is 0 Å². The van der Waals surface area contributed by atoms with E-state index in [1.54, 1.807) is 0 Å². The number of amides is 3. The molecule has 0 unspecified atom stereocenters. The van der Waals surface area contributed by atoms with Crippen LogP contribution in [-0.2, 0) is 17.6 Å². The van der Waals surface area contributed by atoms with Gasteiger partial charge in [-0.05, 0) is 48.1 Å². The maximum Gasteiger partial charge on any atom is 0.319 e. The van der Waals surface area contributed by atoms with E-state index in [0.29, 0.717) is 18.9 Å². The number of nitrogens with one attached hydrogen (secondary N) is 2. The van der Waals surface area contributed by atoms with Crippen molar-refractivity contribution in [2.45, 2.75) is 33.1 Å². The number of hydrogen-bond acceptors (Lipinski definition) is 2. The molecular formula is C22H27N3O2. The van der Waals surface area contributed by atoms with Gasteiger partial charge in [0, 0.05) is 24.5 Å². The largest absolute Gasteiger partial charge is 0.338 e. The van der Waals surface area contributed by atoms with Gasteiger partial charge in [-0.25, -0.2) is 4.79 Å². The molecule has 0 aromatic heterocycles. The van der Waals surface area contributed by atoms with E-state index in [1.165, 1.54) is 5.56 Å². The van der Waals surface area contributed by atoms with E-state index in [4.69, 9.17) is 0 Å². The van der Waals surface area contributed by atoms with Crippen molar-refractivity contribution < 1.29 is 9.59 Å². The topological polar surface area (TPSA) is 61.4 Å². The number of hydrogen-bond donors (Lipinski definition) is 2. The highest BCUT2D eigenvalue weighted by Gasteiger charge is 2.23. The van der Waals surface area contributed by atoms with Gasteiger partial charge >= 0.3 is 6.03 Å². The molecule has 27 heavy (non-hydrogen) atoms. The Balaban J connectivity index is 1.52. The Morgan fingerprint density at radius 3 is 2.56 bits per heavy atom. The van der Waals surface area contributed by atoms with Crippen LogP contribution < -0.4 is 15.5 Å². The molecule has 1 aliphatic heterocycles. The Hall–Kier alpha value is -2.82. The fourth-order valence-corrected chi connectivity index (χ4v) is 3.22. The average Bonchev–Trinajstić information content (AvgIpc) is 3.07. The third kappa shape index (κ3) is 5.09. The molecular weight excluding hydrogens is 338 g/mol. The van der Waals surface area contributed by atoms with E-state index in [9.17, 15) is 9.59 Å². The van der Waals surface area contributed by atoms with E-state index < -0.39 is 0 Å². The summed E-state index contributed by atoms with van der Waals surface area (Å²) in [4.78, 5) is 26.4. The molecule has 3 rings (SSSR count). The molecule has 5 heteroatoms. The Bertz CT molecular complexity index is 799. The van der Waals surface area contributed by atoms with Crippen molar-refractivity contribution in [3.8, 4) is 0 Å². The summed E-state index contributed by atoms with van der Waals surface area (Å²) in [5, 5.41) is 5.66. The van der Waals surface area contributed by atoms with Crippen LogP contribution in [0.15, 0.2) is 48.5 Å². The lowest BCUT2D eigenvalue weighted by atomic mass is 10.1. The van der Waals surface area contributed by atoms with E-state index in [2.05, 4.69) is 30.5 Å². The third-order valence-electron chi connectivity index (χ3n) is 4.76. The monoisotopic (exact) mass is 365 g/mol. The number of anilines is 2. The number of urea groups is 1. The molecule has 0 radical (unpaired) electrons. The van der Waals surface area contributed by atoms with E-state index in [1.807, 2.05) is 47.4 Å². The lowest BCUT2D eigenvalue weighted by molar-refractivity contribution is -0.117. The summed E-state index contributed by atoms with van der Waals surface area (Å²) in [7, 11) is 0. The Labute approximate surface area is 160 Å². The highest BCUT2D eigenvalue weighted by atomic mass is 16.2. The van der Waals surface area contributed by atoms with E-state index in [-0.39, 0.29) is 11.9 Å². The summed E-state index contributed by atoms with van der Waals surface area (Å²) in [5.41, 5.74) is 3.92. The van der Waals surface area contributed by atoms with Crippen LogP contribution in [0, 0.1) is 5.92 Å². The normalized spacial score (nSPS) is 12.8. The van der Waals surface area contributed by atoms with Crippen LogP contribution in [0.25, 0.3) is 0 Å². The average molecular weight is 365 g/mol. The van der Waals surface area contributed by atoms with Crippen molar-refractivity contribution in [1.82, 2.24) is 5.32 Å². The Morgan fingerprint density at radius 2 is 1.81 bits per heavy atom. The van der Waals surface area contributed by atoms with Crippen molar-refractivity contribution >= 4 is 23.3 Å². The number of carbonyl (C=O) groups excluding carboxylic acids is 2. The second kappa shape index (κ2) is 8.71. The first-order valence-corrected chi connectivity index (χ1v) is 9.55. The highest BCUT2D eigenvalue weighted by Crippen LogP contribution is 2.28. The second-order valence-electron chi connectivity index (χ2n) is 7.36. The number of para-hydroxylation sites is 1. The van der Waals surface area contributed by atoms with Crippen LogP contribution in [-0.4, -0.2) is 25.0 Å². The third-order valence-corrected chi connectivity index (χ3v) is 4.76. The number of rotatable bonds is 6.